The fourth-order valence-electron chi connectivity index (χ4n) is 8.69. The Hall–Kier alpha value is -2.29. The van der Waals surface area contributed by atoms with E-state index in [9.17, 15) is 20.1 Å². The summed E-state index contributed by atoms with van der Waals surface area (Å²) in [5, 5.41) is 32.3. The second kappa shape index (κ2) is 15.1. The van der Waals surface area contributed by atoms with Crippen LogP contribution in [0.15, 0.2) is 18.2 Å². The molecule has 1 aromatic heterocycles. The number of hydrogen-bond donors (Lipinski definition) is 3. The number of benzene rings is 1. The zero-order chi connectivity index (χ0) is 33.2. The minimum absolute atomic E-state index is 0.119. The van der Waals surface area contributed by atoms with Gasteiger partial charge in [-0.25, -0.2) is 9.36 Å². The molecule has 5 heterocycles. The van der Waals surface area contributed by atoms with Crippen LogP contribution in [0, 0.1) is 17.8 Å². The molecule has 7 rings (SSSR count). The molecular formula is C35H52N2O10. The van der Waals surface area contributed by atoms with Crippen LogP contribution in [0.1, 0.15) is 57.2 Å². The summed E-state index contributed by atoms with van der Waals surface area (Å²) in [5.41, 5.74) is 2.92. The number of piperidine rings is 2. The van der Waals surface area contributed by atoms with Crippen LogP contribution in [0.2, 0.25) is 0 Å². The summed E-state index contributed by atoms with van der Waals surface area (Å²) in [5.74, 6) is 2.41. The van der Waals surface area contributed by atoms with Gasteiger partial charge in [-0.3, -0.25) is 4.90 Å². The van der Waals surface area contributed by atoms with Gasteiger partial charge in [-0.1, -0.05) is 27.2 Å². The molecule has 5 aliphatic rings. The molecule has 12 nitrogen and oxygen atoms in total. The van der Waals surface area contributed by atoms with Crippen molar-refractivity contribution in [3.8, 4) is 5.75 Å². The molecule has 1 aromatic carbocycles. The second-order valence-corrected chi connectivity index (χ2v) is 13.5. The third-order valence-electron chi connectivity index (χ3n) is 11.0. The molecule has 0 amide bonds. The second-order valence-electron chi connectivity index (χ2n) is 13.5. The van der Waals surface area contributed by atoms with Gasteiger partial charge >= 0.3 is 6.09 Å². The molecule has 4 bridgehead atoms. The first kappa shape index (κ1) is 34.6. The number of nitrogens with zero attached hydrogens (tertiary/aromatic N) is 2. The SMILES string of the molecule is CC[C@@H]1C2[C@H]3C[C@@H](CN2CCc2c3n(C(=O)OCCOCCOCCOC)c3ccc(OC4O[C@H](CC)[C@@H](O)[C@H](O)[C@H]4O)cc23)[C@@H]1C. The van der Waals surface area contributed by atoms with Gasteiger partial charge in [0.1, 0.15) is 30.7 Å². The molecule has 12 heteroatoms. The summed E-state index contributed by atoms with van der Waals surface area (Å²) in [6.07, 6.45) is -2.88. The van der Waals surface area contributed by atoms with E-state index < -0.39 is 36.8 Å². The number of aromatic nitrogens is 1. The van der Waals surface area contributed by atoms with Crippen LogP contribution in [0.3, 0.4) is 0 Å². The fraction of sp³-hybridized carbons (Fsp3) is 0.743. The lowest BCUT2D eigenvalue weighted by molar-refractivity contribution is -0.272. The van der Waals surface area contributed by atoms with E-state index in [4.69, 9.17) is 28.4 Å². The minimum atomic E-state index is -1.42. The summed E-state index contributed by atoms with van der Waals surface area (Å²) in [6, 6.07) is 5.88. The molecule has 3 N–H and O–H groups in total. The van der Waals surface area contributed by atoms with Crippen LogP contribution in [-0.2, 0) is 30.1 Å². The first-order valence-electron chi connectivity index (χ1n) is 17.4. The molecule has 262 valence electrons. The summed E-state index contributed by atoms with van der Waals surface area (Å²) >= 11 is 0. The zero-order valence-corrected chi connectivity index (χ0v) is 28.1. The monoisotopic (exact) mass is 660 g/mol. The predicted molar refractivity (Wildman–Crippen MR) is 173 cm³/mol. The number of hydrogen-bond acceptors (Lipinski definition) is 11. The van der Waals surface area contributed by atoms with E-state index in [1.807, 2.05) is 19.1 Å². The van der Waals surface area contributed by atoms with E-state index in [0.717, 1.165) is 54.5 Å². The smallest absolute Gasteiger partial charge is 0.418 e. The molecule has 4 aliphatic heterocycles. The third-order valence-corrected chi connectivity index (χ3v) is 11.0. The Labute approximate surface area is 276 Å². The van der Waals surface area contributed by atoms with Crippen LogP contribution in [0.5, 0.6) is 5.75 Å². The van der Waals surface area contributed by atoms with Crippen LogP contribution >= 0.6 is 0 Å². The molecular weight excluding hydrogens is 608 g/mol. The maximum Gasteiger partial charge on any atom is 0.418 e. The van der Waals surface area contributed by atoms with Crippen molar-refractivity contribution in [1.82, 2.24) is 9.47 Å². The maximum atomic E-state index is 14.0. The molecule has 11 atom stereocenters. The number of carbonyl (C=O) groups is 1. The Morgan fingerprint density at radius 2 is 1.72 bits per heavy atom. The number of aliphatic hydroxyl groups excluding tert-OH is 3. The van der Waals surface area contributed by atoms with Gasteiger partial charge < -0.3 is 43.7 Å². The Bertz CT molecular complexity index is 1370. The number of methoxy groups -OCH3 is 1. The van der Waals surface area contributed by atoms with E-state index in [2.05, 4.69) is 18.7 Å². The van der Waals surface area contributed by atoms with Gasteiger partial charge in [-0.2, -0.15) is 0 Å². The Kier molecular flexibility index (Phi) is 11.1. The normalized spacial score (nSPS) is 34.7. The summed E-state index contributed by atoms with van der Waals surface area (Å²) < 4.78 is 35.6. The minimum Gasteiger partial charge on any atom is -0.462 e. The lowest BCUT2D eigenvalue weighted by Gasteiger charge is -2.56. The van der Waals surface area contributed by atoms with Crippen LogP contribution in [0.25, 0.3) is 10.9 Å². The quantitative estimate of drug-likeness (QED) is 0.273. The number of aliphatic hydroxyl groups is 3. The van der Waals surface area contributed by atoms with Gasteiger partial charge in [0.2, 0.25) is 6.29 Å². The van der Waals surface area contributed by atoms with Crippen molar-refractivity contribution < 1.29 is 48.5 Å². The van der Waals surface area contributed by atoms with Gasteiger partial charge in [0.05, 0.1) is 44.7 Å². The Morgan fingerprint density at radius 1 is 0.979 bits per heavy atom. The van der Waals surface area contributed by atoms with Gasteiger partial charge in [0, 0.05) is 43.2 Å². The predicted octanol–water partition coefficient (Wildman–Crippen LogP) is 2.91. The number of carbonyl (C=O) groups excluding carboxylic acids is 1. The summed E-state index contributed by atoms with van der Waals surface area (Å²) in [7, 11) is 1.63. The molecule has 1 aliphatic carbocycles. The van der Waals surface area contributed by atoms with E-state index in [-0.39, 0.29) is 19.1 Å². The highest BCUT2D eigenvalue weighted by Crippen LogP contribution is 2.54. The van der Waals surface area contributed by atoms with Crippen molar-refractivity contribution in [2.24, 2.45) is 17.8 Å². The topological polar surface area (TPSA) is 141 Å². The van der Waals surface area contributed by atoms with Crippen LogP contribution in [0.4, 0.5) is 4.79 Å². The maximum absolute atomic E-state index is 14.0. The molecule has 4 fully saturated rings. The van der Waals surface area contributed by atoms with Gasteiger partial charge in [-0.05, 0) is 60.8 Å². The van der Waals surface area contributed by atoms with Crippen molar-refractivity contribution in [2.45, 2.75) is 89.1 Å². The van der Waals surface area contributed by atoms with E-state index in [1.54, 1.807) is 17.7 Å². The number of ether oxygens (including phenoxy) is 6. The Balaban J connectivity index is 1.28. The highest BCUT2D eigenvalue weighted by molar-refractivity contribution is 5.95. The average Bonchev–Trinajstić information content (AvgIpc) is 3.35. The van der Waals surface area contributed by atoms with E-state index in [0.29, 0.717) is 62.4 Å². The third kappa shape index (κ3) is 6.68. The Morgan fingerprint density at radius 3 is 2.45 bits per heavy atom. The molecule has 0 radical (unpaired) electrons. The van der Waals surface area contributed by atoms with E-state index >= 15 is 0 Å². The summed E-state index contributed by atoms with van der Waals surface area (Å²) in [4.78, 5) is 16.6. The van der Waals surface area contributed by atoms with E-state index in [1.165, 1.54) is 0 Å². The largest absolute Gasteiger partial charge is 0.462 e. The lowest BCUT2D eigenvalue weighted by Crippen LogP contribution is -2.59. The van der Waals surface area contributed by atoms with Gasteiger partial charge in [0.25, 0.3) is 0 Å². The zero-order valence-electron chi connectivity index (χ0n) is 28.1. The first-order valence-corrected chi connectivity index (χ1v) is 17.4. The molecule has 47 heavy (non-hydrogen) atoms. The molecule has 2 aromatic rings. The van der Waals surface area contributed by atoms with Gasteiger partial charge in [-0.15, -0.1) is 0 Å². The van der Waals surface area contributed by atoms with Crippen LogP contribution < -0.4 is 4.74 Å². The molecule has 0 spiro atoms. The first-order chi connectivity index (χ1) is 22.8. The molecule has 1 saturated carbocycles. The molecule has 3 unspecified atom stereocenters. The van der Waals surface area contributed by atoms with Crippen molar-refractivity contribution in [3.63, 3.8) is 0 Å². The lowest BCUT2D eigenvalue weighted by atomic mass is 9.60. The highest BCUT2D eigenvalue weighted by Gasteiger charge is 2.53. The summed E-state index contributed by atoms with van der Waals surface area (Å²) in [6.45, 7) is 10.8. The van der Waals surface area contributed by atoms with Crippen molar-refractivity contribution in [2.75, 3.05) is 59.8 Å². The average molecular weight is 661 g/mol. The molecule has 3 saturated heterocycles. The standard InChI is InChI=1S/C35H52N2O10/c1-5-23-20(3)21-17-26-29(23)36(19-21)10-9-24-25-18-22(46-34-33(40)32(39)31(38)28(6-2)47-34)7-8-27(25)37(30(24)26)35(41)45-16-15-44-14-13-43-12-11-42-4/h7-8,18,20-21,23,26,28-29,31-34,38-40H,5-6,9-17,19H2,1-4H3/t20-,21-,23-,26+,28+,29?,31+,32-,33+,34?/m0/s1. The van der Waals surface area contributed by atoms with Crippen molar-refractivity contribution in [3.05, 3.63) is 29.5 Å². The number of fused-ring (bicyclic) bond motifs is 4. The van der Waals surface area contributed by atoms with Gasteiger partial charge in [0.15, 0.2) is 0 Å². The highest BCUT2D eigenvalue weighted by atomic mass is 16.7. The van der Waals surface area contributed by atoms with Crippen molar-refractivity contribution in [1.29, 1.82) is 0 Å². The fourth-order valence-corrected chi connectivity index (χ4v) is 8.69. The van der Waals surface area contributed by atoms with Crippen LogP contribution in [-0.4, -0.2) is 127 Å². The van der Waals surface area contributed by atoms with Crippen molar-refractivity contribution >= 4 is 17.0 Å². The number of rotatable bonds is 13.